The van der Waals surface area contributed by atoms with E-state index in [4.69, 9.17) is 0 Å². The highest BCUT2D eigenvalue weighted by atomic mass is 32.2. The zero-order valence-electron chi connectivity index (χ0n) is 19.6. The number of amides is 2. The van der Waals surface area contributed by atoms with Crippen molar-refractivity contribution in [1.82, 2.24) is 10.0 Å². The molecule has 0 spiro atoms. The van der Waals surface area contributed by atoms with E-state index in [1.807, 2.05) is 61.5 Å². The Bertz CT molecular complexity index is 1310. The van der Waals surface area contributed by atoms with Crippen LogP contribution < -0.4 is 15.4 Å². The molecule has 0 fully saturated rings. The normalized spacial score (nSPS) is 14.0. The molecule has 8 heteroatoms. The van der Waals surface area contributed by atoms with Gasteiger partial charge in [0.25, 0.3) is 0 Å². The van der Waals surface area contributed by atoms with E-state index in [0.717, 1.165) is 16.7 Å². The Hall–Kier alpha value is -3.49. The molecule has 1 aliphatic heterocycles. The zero-order valence-corrected chi connectivity index (χ0v) is 20.4. The van der Waals surface area contributed by atoms with Gasteiger partial charge in [-0.3, -0.25) is 9.59 Å². The largest absolute Gasteiger partial charge is 0.354 e. The Labute approximate surface area is 206 Å². The van der Waals surface area contributed by atoms with Crippen molar-refractivity contribution in [3.8, 4) is 0 Å². The SMILES string of the molecule is Cc1ccc(CCNC(=O)C(Cc2ccccc2)NS(=O)(=O)c2ccc3c(c2)CCC(=O)N3)cc1. The van der Waals surface area contributed by atoms with Crippen molar-refractivity contribution in [1.29, 1.82) is 0 Å². The van der Waals surface area contributed by atoms with Crippen LogP contribution in [0.5, 0.6) is 0 Å². The number of aryl methyl sites for hydroxylation is 2. The average Bonchev–Trinajstić information content (AvgIpc) is 2.85. The van der Waals surface area contributed by atoms with Gasteiger partial charge in [0, 0.05) is 18.7 Å². The standard InChI is InChI=1S/C27H29N3O4S/c1-19-7-9-20(10-8-19)15-16-28-27(32)25(17-21-5-3-2-4-6-21)30-35(33,34)23-12-13-24-22(18-23)11-14-26(31)29-24/h2-10,12-13,18,25,30H,11,14-17H2,1H3,(H,28,32)(H,29,31). The summed E-state index contributed by atoms with van der Waals surface area (Å²) in [6.07, 6.45) is 1.65. The zero-order chi connectivity index (χ0) is 24.8. The summed E-state index contributed by atoms with van der Waals surface area (Å²) in [5, 5.41) is 5.63. The molecule has 1 unspecified atom stereocenters. The first-order chi connectivity index (χ1) is 16.8. The molecule has 0 bridgehead atoms. The minimum Gasteiger partial charge on any atom is -0.354 e. The average molecular weight is 492 g/mol. The Morgan fingerprint density at radius 3 is 2.46 bits per heavy atom. The fourth-order valence-electron chi connectivity index (χ4n) is 4.03. The third-order valence-corrected chi connectivity index (χ3v) is 7.48. The number of rotatable bonds is 9. The van der Waals surface area contributed by atoms with E-state index in [-0.39, 0.29) is 23.1 Å². The van der Waals surface area contributed by atoms with Gasteiger partial charge in [0.1, 0.15) is 6.04 Å². The molecular weight excluding hydrogens is 462 g/mol. The van der Waals surface area contributed by atoms with Crippen LogP contribution >= 0.6 is 0 Å². The van der Waals surface area contributed by atoms with Gasteiger partial charge in [-0.05, 0) is 61.1 Å². The van der Waals surface area contributed by atoms with Gasteiger partial charge < -0.3 is 10.6 Å². The number of carbonyl (C=O) groups excluding carboxylic acids is 2. The molecule has 0 radical (unpaired) electrons. The van der Waals surface area contributed by atoms with E-state index >= 15 is 0 Å². The van der Waals surface area contributed by atoms with E-state index in [9.17, 15) is 18.0 Å². The van der Waals surface area contributed by atoms with E-state index in [2.05, 4.69) is 15.4 Å². The monoisotopic (exact) mass is 491 g/mol. The first-order valence-electron chi connectivity index (χ1n) is 11.6. The first kappa shape index (κ1) is 24.6. The van der Waals surface area contributed by atoms with Gasteiger partial charge in [-0.25, -0.2) is 8.42 Å². The van der Waals surface area contributed by atoms with E-state index in [1.165, 1.54) is 11.6 Å². The van der Waals surface area contributed by atoms with Crippen molar-refractivity contribution in [2.45, 2.75) is 43.5 Å². The molecule has 2 amide bonds. The van der Waals surface area contributed by atoms with Crippen LogP contribution in [-0.2, 0) is 38.9 Å². The molecular formula is C27H29N3O4S. The Morgan fingerprint density at radius 2 is 1.71 bits per heavy atom. The summed E-state index contributed by atoms with van der Waals surface area (Å²) in [4.78, 5) is 24.8. The maximum absolute atomic E-state index is 13.2. The highest BCUT2D eigenvalue weighted by molar-refractivity contribution is 7.89. The molecule has 7 nitrogen and oxygen atoms in total. The summed E-state index contributed by atoms with van der Waals surface area (Å²) in [6, 6.07) is 21.0. The van der Waals surface area contributed by atoms with Crippen molar-refractivity contribution in [2.24, 2.45) is 0 Å². The lowest BCUT2D eigenvalue weighted by Gasteiger charge is -2.21. The second kappa shape index (κ2) is 10.8. The predicted molar refractivity (Wildman–Crippen MR) is 136 cm³/mol. The fourth-order valence-corrected chi connectivity index (χ4v) is 5.27. The van der Waals surface area contributed by atoms with Crippen molar-refractivity contribution in [3.05, 3.63) is 95.1 Å². The summed E-state index contributed by atoms with van der Waals surface area (Å²) in [5.74, 6) is -0.466. The molecule has 1 aliphatic rings. The topological polar surface area (TPSA) is 104 Å². The van der Waals surface area contributed by atoms with Crippen molar-refractivity contribution >= 4 is 27.5 Å². The molecule has 0 saturated heterocycles. The lowest BCUT2D eigenvalue weighted by molar-refractivity contribution is -0.122. The Kier molecular flexibility index (Phi) is 7.63. The summed E-state index contributed by atoms with van der Waals surface area (Å²) in [7, 11) is -3.98. The minimum atomic E-state index is -3.98. The molecule has 182 valence electrons. The third kappa shape index (κ3) is 6.55. The van der Waals surface area contributed by atoms with Gasteiger partial charge >= 0.3 is 0 Å². The van der Waals surface area contributed by atoms with Crippen LogP contribution in [-0.4, -0.2) is 32.8 Å². The molecule has 3 aromatic rings. The van der Waals surface area contributed by atoms with Gasteiger partial charge in [-0.15, -0.1) is 0 Å². The van der Waals surface area contributed by atoms with E-state index < -0.39 is 16.1 Å². The van der Waals surface area contributed by atoms with Crippen LogP contribution in [0.25, 0.3) is 0 Å². The van der Waals surface area contributed by atoms with Crippen LogP contribution in [0.1, 0.15) is 28.7 Å². The molecule has 1 atom stereocenters. The van der Waals surface area contributed by atoms with E-state index in [1.54, 1.807) is 12.1 Å². The second-order valence-electron chi connectivity index (χ2n) is 8.76. The summed E-state index contributed by atoms with van der Waals surface area (Å²) in [5.41, 5.74) is 4.49. The molecule has 0 saturated carbocycles. The van der Waals surface area contributed by atoms with E-state index in [0.29, 0.717) is 31.5 Å². The molecule has 1 heterocycles. The predicted octanol–water partition coefficient (Wildman–Crippen LogP) is 3.13. The summed E-state index contributed by atoms with van der Waals surface area (Å²) >= 11 is 0. The van der Waals surface area contributed by atoms with Crippen molar-refractivity contribution < 1.29 is 18.0 Å². The van der Waals surface area contributed by atoms with Crippen LogP contribution in [0, 0.1) is 6.92 Å². The molecule has 4 rings (SSSR count). The van der Waals surface area contributed by atoms with Crippen LogP contribution in [0.4, 0.5) is 5.69 Å². The molecule has 0 aromatic heterocycles. The van der Waals surface area contributed by atoms with Gasteiger partial charge in [0.2, 0.25) is 21.8 Å². The smallest absolute Gasteiger partial charge is 0.241 e. The number of benzene rings is 3. The summed E-state index contributed by atoms with van der Waals surface area (Å²) in [6.45, 7) is 2.41. The third-order valence-electron chi connectivity index (χ3n) is 6.01. The number of sulfonamides is 1. The number of carbonyl (C=O) groups is 2. The molecule has 0 aliphatic carbocycles. The van der Waals surface area contributed by atoms with Gasteiger partial charge in [-0.1, -0.05) is 60.2 Å². The number of nitrogens with one attached hydrogen (secondary N) is 3. The van der Waals surface area contributed by atoms with Crippen LogP contribution in [0.2, 0.25) is 0 Å². The fraction of sp³-hybridized carbons (Fsp3) is 0.259. The molecule has 3 N–H and O–H groups in total. The Balaban J connectivity index is 1.49. The number of hydrogen-bond donors (Lipinski definition) is 3. The van der Waals surface area contributed by atoms with Crippen molar-refractivity contribution in [2.75, 3.05) is 11.9 Å². The first-order valence-corrected chi connectivity index (χ1v) is 13.1. The molecule has 35 heavy (non-hydrogen) atoms. The van der Waals surface area contributed by atoms with Gasteiger partial charge in [0.05, 0.1) is 4.90 Å². The number of fused-ring (bicyclic) bond motifs is 1. The highest BCUT2D eigenvalue weighted by Gasteiger charge is 2.27. The Morgan fingerprint density at radius 1 is 0.971 bits per heavy atom. The second-order valence-corrected chi connectivity index (χ2v) is 10.5. The highest BCUT2D eigenvalue weighted by Crippen LogP contribution is 2.25. The van der Waals surface area contributed by atoms with Crippen LogP contribution in [0.3, 0.4) is 0 Å². The lowest BCUT2D eigenvalue weighted by atomic mass is 10.0. The van der Waals surface area contributed by atoms with Crippen molar-refractivity contribution in [3.63, 3.8) is 0 Å². The minimum absolute atomic E-state index is 0.0675. The lowest BCUT2D eigenvalue weighted by Crippen LogP contribution is -2.48. The quantitative estimate of drug-likeness (QED) is 0.428. The summed E-state index contributed by atoms with van der Waals surface area (Å²) < 4.78 is 29.1. The van der Waals surface area contributed by atoms with Crippen LogP contribution in [0.15, 0.2) is 77.7 Å². The number of anilines is 1. The number of hydrogen-bond acceptors (Lipinski definition) is 4. The van der Waals surface area contributed by atoms with Gasteiger partial charge in [0.15, 0.2) is 0 Å². The molecule has 3 aromatic carbocycles. The maximum atomic E-state index is 13.2. The van der Waals surface area contributed by atoms with Gasteiger partial charge in [-0.2, -0.15) is 4.72 Å². The maximum Gasteiger partial charge on any atom is 0.241 e.